The van der Waals surface area contributed by atoms with Crippen LogP contribution in [0.3, 0.4) is 0 Å². The van der Waals surface area contributed by atoms with E-state index >= 15 is 0 Å². The second kappa shape index (κ2) is 9.00. The van der Waals surface area contributed by atoms with Gasteiger partial charge in [-0.2, -0.15) is 0 Å². The second-order valence-electron chi connectivity index (χ2n) is 2.12. The molecule has 0 aliphatic heterocycles. The molecule has 8 heavy (non-hydrogen) atoms. The van der Waals surface area contributed by atoms with Gasteiger partial charge in [-0.05, 0) is 0 Å². The fourth-order valence-corrected chi connectivity index (χ4v) is 1.06. The minimum Gasteiger partial charge on any atom is -0.0533 e. The minimum absolute atomic E-state index is 0. The molecule has 0 bridgehead atoms. The molecule has 0 atom stereocenters. The largest absolute Gasteiger partial charge is 0.0533 e. The first-order chi connectivity index (χ1) is 3.00. The summed E-state index contributed by atoms with van der Waals surface area (Å²) in [6.45, 7) is 0. The zero-order valence-electron chi connectivity index (χ0n) is 6.24. The fraction of sp³-hybridized carbons (Fsp3) is 1.00. The van der Waals surface area contributed by atoms with Crippen LogP contribution in [0.25, 0.3) is 0 Å². The molecule has 0 aromatic rings. The van der Waals surface area contributed by atoms with Gasteiger partial charge in [0, 0.05) is 59.1 Å². The van der Waals surface area contributed by atoms with Crippen molar-refractivity contribution in [3.05, 3.63) is 0 Å². The Morgan fingerprint density at radius 1 is 0.375 bits per heavy atom. The molecule has 38 valence electrons. The summed E-state index contributed by atoms with van der Waals surface area (Å²) in [5.74, 6) is 0. The molecule has 0 heterocycles. The Morgan fingerprint density at radius 3 is 0.625 bits per heavy atom. The van der Waals surface area contributed by atoms with E-state index in [1.165, 1.54) is 38.5 Å². The third-order valence-electron chi connectivity index (χ3n) is 1.50. The zero-order valence-corrected chi connectivity index (χ0v) is 10.2. The normalized spacial score (nSPS) is 18.0. The SMILES string of the molecule is C1CCCCC1.[Na].[Na]. The standard InChI is InChI=1S/C6H12.2Na/c1-2-4-6-5-3-1;;/h1-6H2;;. The van der Waals surface area contributed by atoms with Gasteiger partial charge in [0.2, 0.25) is 0 Å². The van der Waals surface area contributed by atoms with E-state index < -0.39 is 0 Å². The van der Waals surface area contributed by atoms with Crippen molar-refractivity contribution in [1.82, 2.24) is 0 Å². The molecular weight excluding hydrogens is 118 g/mol. The summed E-state index contributed by atoms with van der Waals surface area (Å²) in [5, 5.41) is 0. The van der Waals surface area contributed by atoms with Crippen molar-refractivity contribution >= 4 is 59.1 Å². The Hall–Kier alpha value is 2.00. The zero-order chi connectivity index (χ0) is 4.24. The van der Waals surface area contributed by atoms with Crippen LogP contribution in [0.2, 0.25) is 0 Å². The van der Waals surface area contributed by atoms with Crippen molar-refractivity contribution in [3.8, 4) is 0 Å². The third-order valence-corrected chi connectivity index (χ3v) is 1.50. The monoisotopic (exact) mass is 130 g/mol. The van der Waals surface area contributed by atoms with Crippen molar-refractivity contribution < 1.29 is 0 Å². The molecule has 2 radical (unpaired) electrons. The first kappa shape index (κ1) is 12.7. The summed E-state index contributed by atoms with van der Waals surface area (Å²) in [4.78, 5) is 0. The molecule has 1 rings (SSSR count). The average molecular weight is 130 g/mol. The van der Waals surface area contributed by atoms with Gasteiger partial charge in [-0.25, -0.2) is 0 Å². The molecule has 0 unspecified atom stereocenters. The molecule has 0 saturated heterocycles. The first-order valence-corrected chi connectivity index (χ1v) is 3.00. The van der Waals surface area contributed by atoms with Gasteiger partial charge < -0.3 is 0 Å². The molecular formula is C6H12Na2. The van der Waals surface area contributed by atoms with E-state index in [0.717, 1.165) is 0 Å². The number of hydrogen-bond acceptors (Lipinski definition) is 0. The van der Waals surface area contributed by atoms with Crippen molar-refractivity contribution in [2.45, 2.75) is 38.5 Å². The smallest absolute Gasteiger partial charge is 0 e. The Balaban J connectivity index is 0. The second-order valence-corrected chi connectivity index (χ2v) is 2.12. The molecule has 1 fully saturated rings. The van der Waals surface area contributed by atoms with Gasteiger partial charge in [0.05, 0.1) is 0 Å². The molecule has 0 amide bonds. The van der Waals surface area contributed by atoms with Gasteiger partial charge in [-0.15, -0.1) is 0 Å². The van der Waals surface area contributed by atoms with E-state index in [-0.39, 0.29) is 59.1 Å². The summed E-state index contributed by atoms with van der Waals surface area (Å²) in [6, 6.07) is 0. The maximum Gasteiger partial charge on any atom is 0 e. The van der Waals surface area contributed by atoms with Crippen LogP contribution in [-0.4, -0.2) is 59.1 Å². The maximum absolute atomic E-state index is 1.50. The predicted octanol–water partition coefficient (Wildman–Crippen LogP) is 1.58. The van der Waals surface area contributed by atoms with Crippen LogP contribution in [0.4, 0.5) is 0 Å². The van der Waals surface area contributed by atoms with Crippen LogP contribution in [0.15, 0.2) is 0 Å². The van der Waals surface area contributed by atoms with E-state index in [4.69, 9.17) is 0 Å². The Kier molecular flexibility index (Phi) is 14.2. The Bertz CT molecular complexity index is 22.0. The molecule has 0 N–H and O–H groups in total. The van der Waals surface area contributed by atoms with Crippen molar-refractivity contribution in [1.29, 1.82) is 0 Å². The van der Waals surface area contributed by atoms with Crippen molar-refractivity contribution in [3.63, 3.8) is 0 Å². The topological polar surface area (TPSA) is 0 Å². The molecule has 1 aliphatic carbocycles. The van der Waals surface area contributed by atoms with Crippen LogP contribution in [0.5, 0.6) is 0 Å². The fourth-order valence-electron chi connectivity index (χ4n) is 1.06. The van der Waals surface area contributed by atoms with Crippen LogP contribution in [-0.2, 0) is 0 Å². The van der Waals surface area contributed by atoms with Crippen molar-refractivity contribution in [2.24, 2.45) is 0 Å². The summed E-state index contributed by atoms with van der Waals surface area (Å²) in [5.41, 5.74) is 0. The van der Waals surface area contributed by atoms with Crippen molar-refractivity contribution in [2.75, 3.05) is 0 Å². The molecule has 1 aliphatic rings. The summed E-state index contributed by atoms with van der Waals surface area (Å²) >= 11 is 0. The van der Waals surface area contributed by atoms with E-state index in [1.807, 2.05) is 0 Å². The van der Waals surface area contributed by atoms with Crippen LogP contribution in [0, 0.1) is 0 Å². The van der Waals surface area contributed by atoms with E-state index in [0.29, 0.717) is 0 Å². The Morgan fingerprint density at radius 2 is 0.500 bits per heavy atom. The summed E-state index contributed by atoms with van der Waals surface area (Å²) in [6.07, 6.45) is 9.00. The minimum atomic E-state index is 0. The molecule has 0 spiro atoms. The predicted molar refractivity (Wildman–Crippen MR) is 39.2 cm³/mol. The van der Waals surface area contributed by atoms with Crippen LogP contribution < -0.4 is 0 Å². The van der Waals surface area contributed by atoms with Gasteiger partial charge in [0.1, 0.15) is 0 Å². The first-order valence-electron chi connectivity index (χ1n) is 3.00. The Labute approximate surface area is 96.4 Å². The van der Waals surface area contributed by atoms with Gasteiger partial charge in [0.15, 0.2) is 0 Å². The summed E-state index contributed by atoms with van der Waals surface area (Å²) in [7, 11) is 0. The van der Waals surface area contributed by atoms with Gasteiger partial charge >= 0.3 is 0 Å². The van der Waals surface area contributed by atoms with Gasteiger partial charge in [0.25, 0.3) is 0 Å². The molecule has 2 heteroatoms. The van der Waals surface area contributed by atoms with Gasteiger partial charge in [-0.3, -0.25) is 0 Å². The summed E-state index contributed by atoms with van der Waals surface area (Å²) < 4.78 is 0. The molecule has 0 aromatic carbocycles. The number of rotatable bonds is 0. The third kappa shape index (κ3) is 6.12. The molecule has 0 nitrogen and oxygen atoms in total. The number of hydrogen-bond donors (Lipinski definition) is 0. The molecule has 1 saturated carbocycles. The quantitative estimate of drug-likeness (QED) is 0.437. The average Bonchev–Trinajstić information content (AvgIpc) is 1.72. The maximum atomic E-state index is 1.50. The van der Waals surface area contributed by atoms with Crippen LogP contribution >= 0.6 is 0 Å². The van der Waals surface area contributed by atoms with E-state index in [9.17, 15) is 0 Å². The van der Waals surface area contributed by atoms with Gasteiger partial charge in [-0.1, -0.05) is 38.5 Å². The molecule has 0 aromatic heterocycles. The van der Waals surface area contributed by atoms with Crippen LogP contribution in [0.1, 0.15) is 38.5 Å². The van der Waals surface area contributed by atoms with E-state index in [1.54, 1.807) is 0 Å². The van der Waals surface area contributed by atoms with E-state index in [2.05, 4.69) is 0 Å².